The average molecular weight is 615 g/mol. The third kappa shape index (κ3) is 22.3. The highest BCUT2D eigenvalue weighted by atomic mass is 16.2. The molecule has 0 fully saturated rings. The lowest BCUT2D eigenvalue weighted by Gasteiger charge is -2.39. The Hall–Kier alpha value is -1.18. The van der Waals surface area contributed by atoms with Crippen LogP contribution in [0.25, 0.3) is 0 Å². The lowest BCUT2D eigenvalue weighted by molar-refractivity contribution is -0.147. The van der Waals surface area contributed by atoms with Crippen molar-refractivity contribution in [1.82, 2.24) is 0 Å². The van der Waals surface area contributed by atoms with Crippen molar-refractivity contribution < 1.29 is 9.59 Å². The zero-order valence-corrected chi connectivity index (χ0v) is 30.9. The maximum absolute atomic E-state index is 13.4. The van der Waals surface area contributed by atoms with Gasteiger partial charge in [-0.3, -0.25) is 9.59 Å². The predicted molar refractivity (Wildman–Crippen MR) is 196 cm³/mol. The topological polar surface area (TPSA) is 34.1 Å². The molecule has 258 valence electrons. The Morgan fingerprint density at radius 2 is 0.636 bits per heavy atom. The number of hydrogen-bond acceptors (Lipinski definition) is 2. The van der Waals surface area contributed by atoms with Gasteiger partial charge in [-0.25, -0.2) is 0 Å². The highest BCUT2D eigenvalue weighted by Crippen LogP contribution is 2.42. The molecule has 0 bridgehead atoms. The van der Waals surface area contributed by atoms with Gasteiger partial charge in [-0.05, 0) is 76.5 Å². The quantitative estimate of drug-likeness (QED) is 0.0429. The van der Waals surface area contributed by atoms with Crippen LogP contribution in [-0.4, -0.2) is 11.6 Å². The minimum Gasteiger partial charge on any atom is -0.299 e. The summed E-state index contributed by atoms with van der Waals surface area (Å²) < 4.78 is 0. The van der Waals surface area contributed by atoms with Crippen molar-refractivity contribution >= 4 is 11.6 Å². The first-order chi connectivity index (χ1) is 21.2. The Labute approximate surface area is 277 Å². The van der Waals surface area contributed by atoms with E-state index in [9.17, 15) is 9.59 Å². The van der Waals surface area contributed by atoms with Crippen LogP contribution in [0.5, 0.6) is 0 Å². The van der Waals surface area contributed by atoms with E-state index in [1.165, 1.54) is 141 Å². The molecule has 0 saturated heterocycles. The molecule has 44 heavy (non-hydrogen) atoms. The molecule has 0 aromatic heterocycles. The maximum Gasteiger partial charge on any atom is 0.146 e. The molecule has 0 aromatic carbocycles. The lowest BCUT2D eigenvalue weighted by Crippen LogP contribution is -2.47. The van der Waals surface area contributed by atoms with Crippen LogP contribution in [0.2, 0.25) is 0 Å². The second-order valence-corrected chi connectivity index (χ2v) is 14.9. The first-order valence-electron chi connectivity index (χ1n) is 19.6. The molecule has 2 heteroatoms. The monoisotopic (exact) mass is 615 g/mol. The van der Waals surface area contributed by atoms with E-state index >= 15 is 0 Å². The van der Waals surface area contributed by atoms with Gasteiger partial charge in [0, 0.05) is 12.8 Å². The number of ketones is 2. The van der Waals surface area contributed by atoms with E-state index in [1.807, 2.05) is 6.92 Å². The van der Waals surface area contributed by atoms with E-state index in [0.29, 0.717) is 12.8 Å². The molecule has 0 aliphatic rings. The number of carbonyl (C=O) groups excluding carboxylic acids is 2. The maximum atomic E-state index is 13.4. The van der Waals surface area contributed by atoms with E-state index < -0.39 is 5.41 Å². The first kappa shape index (κ1) is 42.8. The van der Waals surface area contributed by atoms with E-state index in [2.05, 4.69) is 58.9 Å². The summed E-state index contributed by atoms with van der Waals surface area (Å²) in [7, 11) is 0. The molecule has 0 unspecified atom stereocenters. The van der Waals surface area contributed by atoms with Gasteiger partial charge in [-0.15, -0.1) is 0 Å². The van der Waals surface area contributed by atoms with Crippen LogP contribution in [-0.2, 0) is 9.59 Å². The van der Waals surface area contributed by atoms with Crippen LogP contribution in [0.1, 0.15) is 221 Å². The number of unbranched alkanes of at least 4 members (excludes halogenated alkanes) is 22. The van der Waals surface area contributed by atoms with Crippen molar-refractivity contribution in [3.05, 3.63) is 24.3 Å². The molecule has 0 radical (unpaired) electrons. The first-order valence-corrected chi connectivity index (χ1v) is 19.6. The van der Waals surface area contributed by atoms with Gasteiger partial charge in [-0.2, -0.15) is 0 Å². The second-order valence-electron chi connectivity index (χ2n) is 14.9. The minimum atomic E-state index is -0.866. The molecular weight excluding hydrogens is 536 g/mol. The highest BCUT2D eigenvalue weighted by Gasteiger charge is 2.48. The Bertz CT molecular complexity index is 671. The van der Waals surface area contributed by atoms with Gasteiger partial charge in [0.1, 0.15) is 11.6 Å². The second kappa shape index (κ2) is 29.2. The number of allylic oxidation sites excluding steroid dienone is 4. The molecule has 0 rings (SSSR count). The number of Topliss-reactive ketones (excluding diaryl/α,β-unsaturated/α-hetero) is 2. The van der Waals surface area contributed by atoms with Gasteiger partial charge in [0.2, 0.25) is 0 Å². The molecule has 0 spiro atoms. The highest BCUT2D eigenvalue weighted by molar-refractivity contribution is 6.07. The van der Waals surface area contributed by atoms with E-state index in [-0.39, 0.29) is 17.0 Å². The third-order valence-corrected chi connectivity index (χ3v) is 9.95. The smallest absolute Gasteiger partial charge is 0.146 e. The summed E-state index contributed by atoms with van der Waals surface area (Å²) in [4.78, 5) is 26.8. The molecule has 0 atom stereocenters. The van der Waals surface area contributed by atoms with E-state index in [1.54, 1.807) is 0 Å². The van der Waals surface area contributed by atoms with Crippen molar-refractivity contribution in [2.45, 2.75) is 221 Å². The molecule has 0 amide bonds. The van der Waals surface area contributed by atoms with Crippen molar-refractivity contribution in [1.29, 1.82) is 0 Å². The molecule has 0 N–H and O–H groups in total. The van der Waals surface area contributed by atoms with Gasteiger partial charge < -0.3 is 0 Å². The summed E-state index contributed by atoms with van der Waals surface area (Å²) >= 11 is 0. The van der Waals surface area contributed by atoms with Crippen LogP contribution in [0.4, 0.5) is 0 Å². The zero-order chi connectivity index (χ0) is 32.8. The summed E-state index contributed by atoms with van der Waals surface area (Å²) in [5.41, 5.74) is -1.21. The summed E-state index contributed by atoms with van der Waals surface area (Å²) in [6.07, 6.45) is 43.2. The third-order valence-electron chi connectivity index (χ3n) is 9.95. The van der Waals surface area contributed by atoms with Gasteiger partial charge in [0.15, 0.2) is 0 Å². The number of rotatable bonds is 32. The lowest BCUT2D eigenvalue weighted by atomic mass is 9.61. The van der Waals surface area contributed by atoms with Crippen molar-refractivity contribution in [3.63, 3.8) is 0 Å². The van der Waals surface area contributed by atoms with Crippen molar-refractivity contribution in [2.24, 2.45) is 10.8 Å². The average Bonchev–Trinajstić information content (AvgIpc) is 2.99. The molecule has 0 aliphatic heterocycles. The summed E-state index contributed by atoms with van der Waals surface area (Å²) in [5, 5.41) is 0. The zero-order valence-electron chi connectivity index (χ0n) is 30.9. The van der Waals surface area contributed by atoms with Crippen LogP contribution in [0.3, 0.4) is 0 Å². The number of carbonyl (C=O) groups is 2. The molecule has 0 heterocycles. The normalized spacial score (nSPS) is 12.6. The van der Waals surface area contributed by atoms with Gasteiger partial charge >= 0.3 is 0 Å². The number of hydrogen-bond donors (Lipinski definition) is 0. The molecule has 0 aliphatic carbocycles. The minimum absolute atomic E-state index is 0.167. The van der Waals surface area contributed by atoms with Gasteiger partial charge in [-0.1, -0.05) is 162 Å². The van der Waals surface area contributed by atoms with Crippen LogP contribution >= 0.6 is 0 Å². The van der Waals surface area contributed by atoms with Crippen LogP contribution in [0.15, 0.2) is 24.3 Å². The van der Waals surface area contributed by atoms with Gasteiger partial charge in [0.25, 0.3) is 0 Å². The fourth-order valence-electron chi connectivity index (χ4n) is 6.20. The summed E-state index contributed by atoms with van der Waals surface area (Å²) in [5.74, 6) is 0.334. The van der Waals surface area contributed by atoms with Crippen molar-refractivity contribution in [2.75, 3.05) is 0 Å². The molecule has 0 saturated carbocycles. The molecule has 0 aromatic rings. The molecule has 2 nitrogen and oxygen atoms in total. The van der Waals surface area contributed by atoms with Gasteiger partial charge in [0.05, 0.1) is 5.41 Å². The van der Waals surface area contributed by atoms with Crippen molar-refractivity contribution in [3.8, 4) is 0 Å². The van der Waals surface area contributed by atoms with E-state index in [4.69, 9.17) is 0 Å². The predicted octanol–water partition coefficient (Wildman–Crippen LogP) is 14.3. The Kier molecular flexibility index (Phi) is 28.5. The van der Waals surface area contributed by atoms with E-state index in [0.717, 1.165) is 25.7 Å². The largest absolute Gasteiger partial charge is 0.299 e. The molecular formula is C42H78O2. The Balaban J connectivity index is 4.04. The Morgan fingerprint density at radius 3 is 0.909 bits per heavy atom. The SMILES string of the molecule is CCCCCCCC/C=C\CCCCCCCC(=O)C(C)(C(=O)CCCCCCC/C=C\CCCCCCCC)C(C)(C)C. The van der Waals surface area contributed by atoms with Crippen LogP contribution in [0, 0.1) is 10.8 Å². The fourth-order valence-corrected chi connectivity index (χ4v) is 6.20. The fraction of sp³-hybridized carbons (Fsp3) is 0.857. The van der Waals surface area contributed by atoms with Crippen LogP contribution < -0.4 is 0 Å². The summed E-state index contributed by atoms with van der Waals surface area (Å²) in [6, 6.07) is 0. The standard InChI is InChI=1S/C42H78O2/c1-7-9-11-13-15-17-19-21-23-25-27-29-31-33-35-37-39(43)42(6,41(3,4)5)40(44)38-36-34-32-30-28-26-24-22-20-18-16-14-12-10-8-2/h21-24H,7-20,25-38H2,1-6H3/b23-21-,24-22-. The summed E-state index contributed by atoms with van der Waals surface area (Å²) in [6.45, 7) is 12.7. The Morgan fingerprint density at radius 1 is 0.386 bits per heavy atom.